The van der Waals surface area contributed by atoms with Crippen molar-refractivity contribution in [3.63, 3.8) is 0 Å². The van der Waals surface area contributed by atoms with Crippen LogP contribution in [0, 0.1) is 10.1 Å². The molecule has 0 spiro atoms. The van der Waals surface area contributed by atoms with Gasteiger partial charge in [0, 0.05) is 70.3 Å². The Morgan fingerprint density at radius 3 is 2.14 bits per heavy atom. The molecular weight excluding hydrogens is 478 g/mol. The highest BCUT2D eigenvalue weighted by Gasteiger charge is 2.29. The zero-order chi connectivity index (χ0) is 25.7. The maximum absolute atomic E-state index is 13.1. The molecule has 36 heavy (non-hydrogen) atoms. The van der Waals surface area contributed by atoms with Crippen molar-refractivity contribution < 1.29 is 13.3 Å². The van der Waals surface area contributed by atoms with Gasteiger partial charge in [-0.3, -0.25) is 15.0 Å². The van der Waals surface area contributed by atoms with Gasteiger partial charge in [-0.15, -0.1) is 0 Å². The first-order chi connectivity index (χ1) is 17.3. The Morgan fingerprint density at radius 2 is 1.53 bits per heavy atom. The standard InChI is InChI=1S/C26H31N5O4S/c1-28(2)22-14-12-21(13-15-22)25(30-18-16-29(17-19-30)23-8-4-3-5-9-23)20-27-36(34,35)26-11-7-6-10-24(26)31(32)33/h3-15,25,27H,16-20H2,1-2H3. The first-order valence-corrected chi connectivity index (χ1v) is 13.3. The first kappa shape index (κ1) is 25.6. The molecule has 1 aliphatic heterocycles. The highest BCUT2D eigenvalue weighted by atomic mass is 32.2. The van der Waals surface area contributed by atoms with Crippen LogP contribution in [0.1, 0.15) is 11.6 Å². The number of anilines is 2. The van der Waals surface area contributed by atoms with Crippen LogP contribution in [0.2, 0.25) is 0 Å². The second-order valence-corrected chi connectivity index (χ2v) is 10.7. The highest BCUT2D eigenvalue weighted by molar-refractivity contribution is 7.89. The SMILES string of the molecule is CN(C)c1ccc(C(CNS(=O)(=O)c2ccccc2[N+](=O)[O-])N2CCN(c3ccccc3)CC2)cc1. The average Bonchev–Trinajstić information content (AvgIpc) is 2.90. The Labute approximate surface area is 212 Å². The van der Waals surface area contributed by atoms with Gasteiger partial charge < -0.3 is 9.80 Å². The minimum atomic E-state index is -4.09. The molecule has 1 atom stereocenters. The van der Waals surface area contributed by atoms with Crippen LogP contribution >= 0.6 is 0 Å². The Hall–Kier alpha value is -3.47. The van der Waals surface area contributed by atoms with Crippen molar-refractivity contribution in [2.24, 2.45) is 0 Å². The second-order valence-electron chi connectivity index (χ2n) is 8.94. The van der Waals surface area contributed by atoms with E-state index in [2.05, 4.69) is 26.7 Å². The minimum Gasteiger partial charge on any atom is -0.378 e. The van der Waals surface area contributed by atoms with E-state index in [1.165, 1.54) is 30.0 Å². The van der Waals surface area contributed by atoms with E-state index in [1.807, 2.05) is 61.5 Å². The molecule has 3 aromatic carbocycles. The molecule has 1 fully saturated rings. The fourth-order valence-electron chi connectivity index (χ4n) is 4.48. The summed E-state index contributed by atoms with van der Waals surface area (Å²) in [7, 11) is -0.153. The average molecular weight is 510 g/mol. The molecule has 1 N–H and O–H groups in total. The molecule has 1 heterocycles. The molecule has 0 aromatic heterocycles. The van der Waals surface area contributed by atoms with E-state index in [1.54, 1.807) is 0 Å². The number of benzene rings is 3. The van der Waals surface area contributed by atoms with Gasteiger partial charge in [0.1, 0.15) is 0 Å². The molecule has 0 amide bonds. The van der Waals surface area contributed by atoms with Gasteiger partial charge in [-0.2, -0.15) is 0 Å². The fraction of sp³-hybridized carbons (Fsp3) is 0.308. The zero-order valence-corrected chi connectivity index (χ0v) is 21.3. The minimum absolute atomic E-state index is 0.0982. The summed E-state index contributed by atoms with van der Waals surface area (Å²) in [6.07, 6.45) is 0. The van der Waals surface area contributed by atoms with E-state index in [0.29, 0.717) is 0 Å². The lowest BCUT2D eigenvalue weighted by Gasteiger charge is -2.40. The van der Waals surface area contributed by atoms with E-state index in [-0.39, 0.29) is 17.5 Å². The molecular formula is C26H31N5O4S. The number of hydrogen-bond acceptors (Lipinski definition) is 7. The van der Waals surface area contributed by atoms with E-state index in [0.717, 1.165) is 37.4 Å². The van der Waals surface area contributed by atoms with Crippen molar-refractivity contribution in [2.75, 3.05) is 56.6 Å². The van der Waals surface area contributed by atoms with Crippen LogP contribution in [0.3, 0.4) is 0 Å². The third kappa shape index (κ3) is 5.84. The van der Waals surface area contributed by atoms with E-state index in [9.17, 15) is 18.5 Å². The Balaban J connectivity index is 1.56. The summed E-state index contributed by atoms with van der Waals surface area (Å²) in [5.74, 6) is 0. The van der Waals surface area contributed by atoms with Crippen LogP contribution in [-0.2, 0) is 10.0 Å². The van der Waals surface area contributed by atoms with Crippen LogP contribution in [-0.4, -0.2) is 65.1 Å². The maximum Gasteiger partial charge on any atom is 0.289 e. The topological polar surface area (TPSA) is 99.0 Å². The number of nitro benzene ring substituents is 1. The van der Waals surface area contributed by atoms with Gasteiger partial charge in [-0.1, -0.05) is 42.5 Å². The van der Waals surface area contributed by atoms with Gasteiger partial charge in [0.15, 0.2) is 4.90 Å². The summed E-state index contributed by atoms with van der Waals surface area (Å²) >= 11 is 0. The van der Waals surface area contributed by atoms with Crippen LogP contribution in [0.15, 0.2) is 83.8 Å². The summed E-state index contributed by atoms with van der Waals surface area (Å²) in [4.78, 5) is 17.0. The zero-order valence-electron chi connectivity index (χ0n) is 20.4. The molecule has 0 bridgehead atoms. The van der Waals surface area contributed by atoms with Crippen LogP contribution < -0.4 is 14.5 Å². The summed E-state index contributed by atoms with van der Waals surface area (Å²) in [5, 5.41) is 11.4. The summed E-state index contributed by atoms with van der Waals surface area (Å²) in [6, 6.07) is 23.5. The number of hydrogen-bond donors (Lipinski definition) is 1. The number of piperazine rings is 1. The predicted molar refractivity (Wildman–Crippen MR) is 142 cm³/mol. The highest BCUT2D eigenvalue weighted by Crippen LogP contribution is 2.27. The molecule has 190 valence electrons. The molecule has 0 radical (unpaired) electrons. The quantitative estimate of drug-likeness (QED) is 0.348. The molecule has 0 saturated carbocycles. The summed E-state index contributed by atoms with van der Waals surface area (Å²) in [6.45, 7) is 3.23. The smallest absolute Gasteiger partial charge is 0.289 e. The van der Waals surface area contributed by atoms with Gasteiger partial charge in [-0.05, 0) is 35.9 Å². The lowest BCUT2D eigenvalue weighted by Crippen LogP contribution is -2.49. The normalized spacial score (nSPS) is 15.4. The summed E-state index contributed by atoms with van der Waals surface area (Å²) < 4.78 is 28.9. The van der Waals surface area contributed by atoms with Crippen molar-refractivity contribution in [1.82, 2.24) is 9.62 Å². The summed E-state index contributed by atoms with van der Waals surface area (Å²) in [5.41, 5.74) is 2.76. The number of sulfonamides is 1. The van der Waals surface area contributed by atoms with Crippen LogP contribution in [0.5, 0.6) is 0 Å². The number of nitrogens with one attached hydrogen (secondary N) is 1. The van der Waals surface area contributed by atoms with Crippen molar-refractivity contribution in [3.05, 3.63) is 94.5 Å². The second kappa shape index (κ2) is 11.1. The van der Waals surface area contributed by atoms with Gasteiger partial charge in [-0.25, -0.2) is 13.1 Å². The van der Waals surface area contributed by atoms with Gasteiger partial charge in [0.2, 0.25) is 10.0 Å². The number of rotatable bonds is 9. The van der Waals surface area contributed by atoms with Crippen molar-refractivity contribution >= 4 is 27.1 Å². The number of para-hydroxylation sites is 2. The molecule has 1 saturated heterocycles. The van der Waals surface area contributed by atoms with E-state index >= 15 is 0 Å². The Bertz CT molecular complexity index is 1280. The van der Waals surface area contributed by atoms with Crippen LogP contribution in [0.4, 0.5) is 17.1 Å². The molecule has 9 nitrogen and oxygen atoms in total. The Morgan fingerprint density at radius 1 is 0.917 bits per heavy atom. The molecule has 3 aromatic rings. The molecule has 0 aliphatic carbocycles. The maximum atomic E-state index is 13.1. The van der Waals surface area contributed by atoms with Gasteiger partial charge in [0.25, 0.3) is 5.69 Å². The monoisotopic (exact) mass is 509 g/mol. The fourth-order valence-corrected chi connectivity index (χ4v) is 5.69. The van der Waals surface area contributed by atoms with Crippen molar-refractivity contribution in [2.45, 2.75) is 10.9 Å². The van der Waals surface area contributed by atoms with Crippen molar-refractivity contribution in [3.8, 4) is 0 Å². The van der Waals surface area contributed by atoms with Gasteiger partial charge in [0.05, 0.1) is 4.92 Å². The lowest BCUT2D eigenvalue weighted by atomic mass is 10.0. The molecule has 1 aliphatic rings. The van der Waals surface area contributed by atoms with Crippen LogP contribution in [0.25, 0.3) is 0 Å². The molecule has 1 unspecified atom stereocenters. The molecule has 10 heteroatoms. The third-order valence-corrected chi connectivity index (χ3v) is 7.96. The molecule has 4 rings (SSSR count). The number of nitro groups is 1. The predicted octanol–water partition coefficient (Wildman–Crippen LogP) is 3.50. The Kier molecular flexibility index (Phi) is 7.88. The van der Waals surface area contributed by atoms with Crippen molar-refractivity contribution in [1.29, 1.82) is 0 Å². The largest absolute Gasteiger partial charge is 0.378 e. The van der Waals surface area contributed by atoms with E-state index < -0.39 is 20.6 Å². The van der Waals surface area contributed by atoms with Gasteiger partial charge >= 0.3 is 0 Å². The third-order valence-electron chi connectivity index (χ3n) is 6.49. The lowest BCUT2D eigenvalue weighted by molar-refractivity contribution is -0.387. The van der Waals surface area contributed by atoms with E-state index in [4.69, 9.17) is 0 Å². The number of nitrogens with zero attached hydrogens (tertiary/aromatic N) is 4. The first-order valence-electron chi connectivity index (χ1n) is 11.8.